The van der Waals surface area contributed by atoms with Crippen LogP contribution in [0.5, 0.6) is 0 Å². The van der Waals surface area contributed by atoms with Gasteiger partial charge in [0, 0.05) is 6.54 Å². The van der Waals surface area contributed by atoms with Gasteiger partial charge in [0.1, 0.15) is 6.10 Å². The van der Waals surface area contributed by atoms with Crippen LogP contribution in [-0.2, 0) is 4.74 Å². The molecular weight excluding hydrogens is 262 g/mol. The summed E-state index contributed by atoms with van der Waals surface area (Å²) in [5.41, 5.74) is 1.03. The number of benzene rings is 1. The first-order valence-corrected chi connectivity index (χ1v) is 8.25. The van der Waals surface area contributed by atoms with Crippen molar-refractivity contribution in [3.05, 3.63) is 35.9 Å². The van der Waals surface area contributed by atoms with Gasteiger partial charge in [-0.15, -0.1) is 0 Å². The van der Waals surface area contributed by atoms with Gasteiger partial charge >= 0.3 is 6.09 Å². The lowest BCUT2D eigenvalue weighted by Gasteiger charge is -2.20. The highest BCUT2D eigenvalue weighted by atomic mass is 16.6. The summed E-state index contributed by atoms with van der Waals surface area (Å²) in [6, 6.07) is 9.84. The molecule has 1 aliphatic carbocycles. The molecular formula is C18H27NO2. The minimum Gasteiger partial charge on any atom is -0.442 e. The van der Waals surface area contributed by atoms with Crippen LogP contribution in [-0.4, -0.2) is 12.6 Å². The van der Waals surface area contributed by atoms with Crippen molar-refractivity contribution in [2.75, 3.05) is 6.54 Å². The Labute approximate surface area is 128 Å². The molecule has 3 nitrogen and oxygen atoms in total. The zero-order valence-electron chi connectivity index (χ0n) is 13.0. The van der Waals surface area contributed by atoms with E-state index >= 15 is 0 Å². The Morgan fingerprint density at radius 1 is 1.14 bits per heavy atom. The molecule has 0 radical (unpaired) electrons. The molecule has 0 bridgehead atoms. The van der Waals surface area contributed by atoms with Crippen LogP contribution in [0.1, 0.15) is 63.5 Å². The summed E-state index contributed by atoms with van der Waals surface area (Å²) in [4.78, 5) is 11.9. The number of nitrogens with one attached hydrogen (secondary N) is 1. The Balaban J connectivity index is 1.71. The van der Waals surface area contributed by atoms with Crippen molar-refractivity contribution in [2.24, 2.45) is 5.92 Å². The molecule has 1 amide bonds. The molecule has 0 aliphatic heterocycles. The topological polar surface area (TPSA) is 38.3 Å². The van der Waals surface area contributed by atoms with Crippen LogP contribution in [0.3, 0.4) is 0 Å². The number of alkyl carbamates (subject to hydrolysis) is 1. The van der Waals surface area contributed by atoms with Gasteiger partial charge < -0.3 is 10.1 Å². The molecule has 116 valence electrons. The molecule has 1 unspecified atom stereocenters. The minimum absolute atomic E-state index is 0.205. The second-order valence-electron chi connectivity index (χ2n) is 6.05. The van der Waals surface area contributed by atoms with E-state index in [0.717, 1.165) is 12.1 Å². The molecule has 21 heavy (non-hydrogen) atoms. The van der Waals surface area contributed by atoms with E-state index in [1.807, 2.05) is 37.3 Å². The van der Waals surface area contributed by atoms with Crippen LogP contribution >= 0.6 is 0 Å². The highest BCUT2D eigenvalue weighted by Gasteiger charge is 2.15. The van der Waals surface area contributed by atoms with Crippen LogP contribution in [0.15, 0.2) is 30.3 Å². The fourth-order valence-electron chi connectivity index (χ4n) is 2.97. The smallest absolute Gasteiger partial charge is 0.407 e. The third-order valence-electron chi connectivity index (χ3n) is 4.31. The van der Waals surface area contributed by atoms with E-state index in [0.29, 0.717) is 5.92 Å². The normalized spacial score (nSPS) is 18.3. The van der Waals surface area contributed by atoms with Gasteiger partial charge in [-0.1, -0.05) is 62.4 Å². The maximum absolute atomic E-state index is 11.9. The molecule has 1 atom stereocenters. The van der Waals surface area contributed by atoms with E-state index < -0.39 is 0 Å². The molecule has 1 aromatic carbocycles. The summed E-state index contributed by atoms with van der Waals surface area (Å²) < 4.78 is 5.43. The lowest BCUT2D eigenvalue weighted by atomic mass is 9.91. The maximum Gasteiger partial charge on any atom is 0.407 e. The second kappa shape index (κ2) is 8.71. The van der Waals surface area contributed by atoms with Gasteiger partial charge in [0.05, 0.1) is 0 Å². The molecule has 1 N–H and O–H groups in total. The number of hydrogen-bond donors (Lipinski definition) is 1. The van der Waals surface area contributed by atoms with Crippen LogP contribution < -0.4 is 5.32 Å². The van der Waals surface area contributed by atoms with Gasteiger partial charge in [0.2, 0.25) is 0 Å². The molecule has 1 aliphatic rings. The first kappa shape index (κ1) is 15.9. The summed E-state index contributed by atoms with van der Waals surface area (Å²) in [7, 11) is 0. The second-order valence-corrected chi connectivity index (χ2v) is 6.05. The van der Waals surface area contributed by atoms with E-state index in [-0.39, 0.29) is 12.2 Å². The van der Waals surface area contributed by atoms with Crippen molar-refractivity contribution < 1.29 is 9.53 Å². The molecule has 2 rings (SSSR count). The van der Waals surface area contributed by atoms with Crippen LogP contribution in [0.4, 0.5) is 4.79 Å². The van der Waals surface area contributed by atoms with Gasteiger partial charge in [-0.25, -0.2) is 4.79 Å². The molecule has 0 spiro atoms. The Bertz CT molecular complexity index is 410. The highest BCUT2D eigenvalue weighted by molar-refractivity contribution is 5.67. The highest BCUT2D eigenvalue weighted by Crippen LogP contribution is 2.22. The molecule has 0 aromatic heterocycles. The number of amides is 1. The van der Waals surface area contributed by atoms with Crippen molar-refractivity contribution >= 4 is 6.09 Å². The third kappa shape index (κ3) is 5.78. The standard InChI is InChI=1S/C18H27NO2/c1-15(17-12-8-5-9-13-17)21-18(20)19-14-16-10-6-3-2-4-7-11-16/h5,8-9,12-13,15-16H,2-4,6-7,10-11,14H2,1H3,(H,19,20). The van der Waals surface area contributed by atoms with Crippen LogP contribution in [0, 0.1) is 5.92 Å². The zero-order chi connectivity index (χ0) is 14.9. The van der Waals surface area contributed by atoms with Crippen molar-refractivity contribution in [3.63, 3.8) is 0 Å². The quantitative estimate of drug-likeness (QED) is 0.861. The Morgan fingerprint density at radius 2 is 1.76 bits per heavy atom. The predicted molar refractivity (Wildman–Crippen MR) is 85.1 cm³/mol. The summed E-state index contributed by atoms with van der Waals surface area (Å²) in [6.45, 7) is 2.66. The Kier molecular flexibility index (Phi) is 6.58. The lowest BCUT2D eigenvalue weighted by molar-refractivity contribution is 0.105. The number of rotatable bonds is 4. The predicted octanol–water partition coefficient (Wildman–Crippen LogP) is 4.83. The van der Waals surface area contributed by atoms with E-state index in [2.05, 4.69) is 5.32 Å². The fourth-order valence-corrected chi connectivity index (χ4v) is 2.97. The summed E-state index contributed by atoms with van der Waals surface area (Å²) >= 11 is 0. The van der Waals surface area contributed by atoms with Crippen LogP contribution in [0.25, 0.3) is 0 Å². The van der Waals surface area contributed by atoms with Gasteiger partial charge in [-0.05, 0) is 31.2 Å². The number of ether oxygens (including phenoxy) is 1. The molecule has 3 heteroatoms. The minimum atomic E-state index is -0.298. The summed E-state index contributed by atoms with van der Waals surface area (Å²) in [5, 5.41) is 2.94. The third-order valence-corrected chi connectivity index (χ3v) is 4.31. The number of carbonyl (C=O) groups is 1. The van der Waals surface area contributed by atoms with Crippen molar-refractivity contribution in [2.45, 2.75) is 58.0 Å². The Hall–Kier alpha value is -1.51. The van der Waals surface area contributed by atoms with Gasteiger partial charge in [0.25, 0.3) is 0 Å². The Morgan fingerprint density at radius 3 is 2.43 bits per heavy atom. The molecule has 1 saturated carbocycles. The average molecular weight is 289 g/mol. The molecule has 0 heterocycles. The summed E-state index contributed by atoms with van der Waals surface area (Å²) in [5.74, 6) is 0.616. The van der Waals surface area contributed by atoms with E-state index in [9.17, 15) is 4.79 Å². The van der Waals surface area contributed by atoms with Crippen molar-refractivity contribution in [1.29, 1.82) is 0 Å². The van der Waals surface area contributed by atoms with Gasteiger partial charge in [-0.2, -0.15) is 0 Å². The van der Waals surface area contributed by atoms with Crippen molar-refractivity contribution in [1.82, 2.24) is 5.32 Å². The summed E-state index contributed by atoms with van der Waals surface area (Å²) in [6.07, 6.45) is 8.60. The zero-order valence-corrected chi connectivity index (χ0v) is 13.0. The first-order valence-electron chi connectivity index (χ1n) is 8.25. The molecule has 0 saturated heterocycles. The fraction of sp³-hybridized carbons (Fsp3) is 0.611. The van der Waals surface area contributed by atoms with Gasteiger partial charge in [-0.3, -0.25) is 0 Å². The molecule has 1 fully saturated rings. The SMILES string of the molecule is CC(OC(=O)NCC1CCCCCCC1)c1ccccc1. The first-order chi connectivity index (χ1) is 10.3. The van der Waals surface area contributed by atoms with Crippen molar-refractivity contribution in [3.8, 4) is 0 Å². The van der Waals surface area contributed by atoms with E-state index in [4.69, 9.17) is 4.74 Å². The van der Waals surface area contributed by atoms with Crippen LogP contribution in [0.2, 0.25) is 0 Å². The van der Waals surface area contributed by atoms with E-state index in [1.54, 1.807) is 0 Å². The average Bonchev–Trinajstić information content (AvgIpc) is 2.47. The monoisotopic (exact) mass is 289 g/mol. The number of hydrogen-bond acceptors (Lipinski definition) is 2. The number of carbonyl (C=O) groups excluding carboxylic acids is 1. The molecule has 1 aromatic rings. The largest absolute Gasteiger partial charge is 0.442 e. The van der Waals surface area contributed by atoms with E-state index in [1.165, 1.54) is 44.9 Å². The van der Waals surface area contributed by atoms with Gasteiger partial charge in [0.15, 0.2) is 0 Å². The maximum atomic E-state index is 11.9. The lowest BCUT2D eigenvalue weighted by Crippen LogP contribution is -2.30.